The van der Waals surface area contributed by atoms with E-state index in [0.717, 1.165) is 25.9 Å². The smallest absolute Gasteiger partial charge is 0.263 e. The maximum Gasteiger partial charge on any atom is 0.263 e. The van der Waals surface area contributed by atoms with Gasteiger partial charge in [0.2, 0.25) is 5.91 Å². The summed E-state index contributed by atoms with van der Waals surface area (Å²) >= 11 is 0. The van der Waals surface area contributed by atoms with E-state index in [1.54, 1.807) is 47.4 Å². The fourth-order valence-corrected chi connectivity index (χ4v) is 4.10. The number of carbonyl (C=O) groups excluding carboxylic acids is 2. The molecule has 0 unspecified atom stereocenters. The van der Waals surface area contributed by atoms with Crippen molar-refractivity contribution >= 4 is 22.6 Å². The molecule has 2 aromatic carbocycles. The minimum atomic E-state index is -0.399. The Hall–Kier alpha value is -3.61. The lowest BCUT2D eigenvalue weighted by molar-refractivity contribution is -0.131. The lowest BCUT2D eigenvalue weighted by Crippen LogP contribution is -2.44. The van der Waals surface area contributed by atoms with Crippen LogP contribution in [0.4, 0.5) is 0 Å². The highest BCUT2D eigenvalue weighted by Gasteiger charge is 2.22. The maximum absolute atomic E-state index is 13.2. The molecular formula is C25H27N3O4. The van der Waals surface area contributed by atoms with Crippen molar-refractivity contribution in [3.05, 3.63) is 70.6 Å². The van der Waals surface area contributed by atoms with E-state index >= 15 is 0 Å². The number of benzene rings is 2. The molecule has 0 aliphatic carbocycles. The van der Waals surface area contributed by atoms with E-state index in [1.807, 2.05) is 6.07 Å². The predicted octanol–water partition coefficient (Wildman–Crippen LogP) is 2.99. The number of hydrogen-bond donors (Lipinski definition) is 1. The Labute approximate surface area is 186 Å². The van der Waals surface area contributed by atoms with Crippen molar-refractivity contribution in [2.24, 2.45) is 5.92 Å². The topological polar surface area (TPSA) is 80.6 Å². The van der Waals surface area contributed by atoms with Crippen molar-refractivity contribution in [3.63, 3.8) is 0 Å². The van der Waals surface area contributed by atoms with Crippen LogP contribution in [-0.4, -0.2) is 48.0 Å². The van der Waals surface area contributed by atoms with Gasteiger partial charge in [-0.05, 0) is 37.0 Å². The summed E-state index contributed by atoms with van der Waals surface area (Å²) in [4.78, 5) is 40.7. The number of para-hydroxylation sites is 2. The molecule has 1 N–H and O–H groups in total. The minimum absolute atomic E-state index is 0.0741. The summed E-state index contributed by atoms with van der Waals surface area (Å²) in [7, 11) is 1.53. The molecule has 1 aromatic heterocycles. The summed E-state index contributed by atoms with van der Waals surface area (Å²) in [5.74, 6) is 0.651. The van der Waals surface area contributed by atoms with Gasteiger partial charge in [0.25, 0.3) is 11.5 Å². The predicted molar refractivity (Wildman–Crippen MR) is 123 cm³/mol. The van der Waals surface area contributed by atoms with E-state index in [1.165, 1.54) is 17.9 Å². The van der Waals surface area contributed by atoms with Crippen molar-refractivity contribution in [1.82, 2.24) is 14.8 Å². The number of fused-ring (bicyclic) bond motifs is 1. The standard InChI is InChI=1S/C25H27N3O4/c1-17-11-13-27(14-12-17)23(29)15-26-24(30)20-16-28(21-9-5-6-10-22(21)32-2)25(31)19-8-4-3-7-18(19)20/h3-10,16-17H,11-15H2,1-2H3,(H,26,30). The summed E-state index contributed by atoms with van der Waals surface area (Å²) in [5.41, 5.74) is 0.615. The number of aromatic nitrogens is 1. The fourth-order valence-electron chi connectivity index (χ4n) is 4.10. The second kappa shape index (κ2) is 9.26. The molecule has 1 aliphatic heterocycles. The molecule has 32 heavy (non-hydrogen) atoms. The Balaban J connectivity index is 1.66. The van der Waals surface area contributed by atoms with Crippen molar-refractivity contribution in [3.8, 4) is 11.4 Å². The Kier molecular flexibility index (Phi) is 6.25. The lowest BCUT2D eigenvalue weighted by Gasteiger charge is -2.30. The van der Waals surface area contributed by atoms with Crippen LogP contribution in [0.3, 0.4) is 0 Å². The summed E-state index contributed by atoms with van der Waals surface area (Å²) in [6.07, 6.45) is 3.48. The first-order chi connectivity index (χ1) is 15.5. The molecule has 7 nitrogen and oxygen atoms in total. The Bertz CT molecular complexity index is 1210. The Morgan fingerprint density at radius 1 is 1.03 bits per heavy atom. The van der Waals surface area contributed by atoms with Gasteiger partial charge in [-0.1, -0.05) is 37.3 Å². The van der Waals surface area contributed by atoms with E-state index in [2.05, 4.69) is 12.2 Å². The van der Waals surface area contributed by atoms with Gasteiger partial charge in [-0.15, -0.1) is 0 Å². The van der Waals surface area contributed by atoms with Gasteiger partial charge in [-0.25, -0.2) is 0 Å². The first kappa shape index (κ1) is 21.6. The van der Waals surface area contributed by atoms with E-state index in [4.69, 9.17) is 4.74 Å². The third-order valence-electron chi connectivity index (χ3n) is 6.05. The zero-order valence-corrected chi connectivity index (χ0v) is 18.3. The molecule has 0 spiro atoms. The van der Waals surface area contributed by atoms with Crippen LogP contribution in [0.25, 0.3) is 16.5 Å². The van der Waals surface area contributed by atoms with Gasteiger partial charge in [0.15, 0.2) is 0 Å². The van der Waals surface area contributed by atoms with Crippen molar-refractivity contribution in [2.45, 2.75) is 19.8 Å². The highest BCUT2D eigenvalue weighted by molar-refractivity contribution is 6.07. The number of carbonyl (C=O) groups is 2. The Morgan fingerprint density at radius 2 is 1.69 bits per heavy atom. The summed E-state index contributed by atoms with van der Waals surface area (Å²) in [6, 6.07) is 14.1. The van der Waals surface area contributed by atoms with Crippen LogP contribution in [-0.2, 0) is 4.79 Å². The van der Waals surface area contributed by atoms with Crippen LogP contribution >= 0.6 is 0 Å². The normalized spacial score (nSPS) is 14.4. The van der Waals surface area contributed by atoms with Crippen LogP contribution in [0.5, 0.6) is 5.75 Å². The highest BCUT2D eigenvalue weighted by Crippen LogP contribution is 2.24. The monoisotopic (exact) mass is 433 g/mol. The first-order valence-electron chi connectivity index (χ1n) is 10.8. The van der Waals surface area contributed by atoms with Crippen molar-refractivity contribution in [1.29, 1.82) is 0 Å². The maximum atomic E-state index is 13.2. The molecule has 0 saturated carbocycles. The van der Waals surface area contributed by atoms with Crippen LogP contribution in [0.2, 0.25) is 0 Å². The molecule has 0 bridgehead atoms. The minimum Gasteiger partial charge on any atom is -0.495 e. The summed E-state index contributed by atoms with van der Waals surface area (Å²) in [5, 5.41) is 3.71. The Morgan fingerprint density at radius 3 is 2.41 bits per heavy atom. The third-order valence-corrected chi connectivity index (χ3v) is 6.05. The highest BCUT2D eigenvalue weighted by atomic mass is 16.5. The van der Waals surface area contributed by atoms with Gasteiger partial charge < -0.3 is 15.0 Å². The molecule has 7 heteroatoms. The number of piperidine rings is 1. The van der Waals surface area contributed by atoms with Crippen molar-refractivity contribution < 1.29 is 14.3 Å². The van der Waals surface area contributed by atoms with E-state index in [9.17, 15) is 14.4 Å². The van der Waals surface area contributed by atoms with Gasteiger partial charge in [0.05, 0.1) is 24.9 Å². The molecule has 2 heterocycles. The quantitative estimate of drug-likeness (QED) is 0.671. The number of nitrogens with zero attached hydrogens (tertiary/aromatic N) is 2. The molecule has 0 atom stereocenters. The van der Waals surface area contributed by atoms with Crippen LogP contribution in [0.15, 0.2) is 59.5 Å². The van der Waals surface area contributed by atoms with E-state index in [-0.39, 0.29) is 18.0 Å². The molecule has 1 aliphatic rings. The van der Waals surface area contributed by atoms with Gasteiger partial charge in [-0.2, -0.15) is 0 Å². The second-order valence-corrected chi connectivity index (χ2v) is 8.18. The molecule has 2 amide bonds. The van der Waals surface area contributed by atoms with Crippen LogP contribution < -0.4 is 15.6 Å². The zero-order chi connectivity index (χ0) is 22.7. The molecule has 1 fully saturated rings. The molecule has 166 valence electrons. The average molecular weight is 434 g/mol. The fraction of sp³-hybridized carbons (Fsp3) is 0.320. The van der Waals surface area contributed by atoms with Crippen LogP contribution in [0, 0.1) is 5.92 Å². The number of amides is 2. The van der Waals surface area contributed by atoms with Crippen molar-refractivity contribution in [2.75, 3.05) is 26.7 Å². The molecule has 1 saturated heterocycles. The van der Waals surface area contributed by atoms with Gasteiger partial charge in [0, 0.05) is 30.1 Å². The molecular weight excluding hydrogens is 406 g/mol. The number of hydrogen-bond acceptors (Lipinski definition) is 4. The first-order valence-corrected chi connectivity index (χ1v) is 10.8. The number of ether oxygens (including phenoxy) is 1. The van der Waals surface area contributed by atoms with Gasteiger partial charge >= 0.3 is 0 Å². The molecule has 3 aromatic rings. The molecule has 4 rings (SSSR count). The zero-order valence-electron chi connectivity index (χ0n) is 18.3. The number of pyridine rings is 1. The second-order valence-electron chi connectivity index (χ2n) is 8.18. The number of rotatable bonds is 5. The average Bonchev–Trinajstić information content (AvgIpc) is 2.83. The largest absolute Gasteiger partial charge is 0.495 e. The number of methoxy groups -OCH3 is 1. The SMILES string of the molecule is COc1ccccc1-n1cc(C(=O)NCC(=O)N2CCC(C)CC2)c2ccccc2c1=O. The molecule has 0 radical (unpaired) electrons. The number of nitrogens with one attached hydrogen (secondary N) is 1. The van der Waals surface area contributed by atoms with E-state index in [0.29, 0.717) is 33.7 Å². The van der Waals surface area contributed by atoms with Crippen LogP contribution in [0.1, 0.15) is 30.1 Å². The number of likely N-dealkylation sites (tertiary alicyclic amines) is 1. The summed E-state index contributed by atoms with van der Waals surface area (Å²) < 4.78 is 6.83. The van der Waals surface area contributed by atoms with Gasteiger partial charge in [0.1, 0.15) is 5.75 Å². The third kappa shape index (κ3) is 4.23. The summed E-state index contributed by atoms with van der Waals surface area (Å²) in [6.45, 7) is 3.55. The van der Waals surface area contributed by atoms with Gasteiger partial charge in [-0.3, -0.25) is 19.0 Å². The van der Waals surface area contributed by atoms with E-state index < -0.39 is 5.91 Å². The lowest BCUT2D eigenvalue weighted by atomic mass is 9.99.